The minimum atomic E-state index is -1.94. The van der Waals surface area contributed by atoms with E-state index in [2.05, 4.69) is 266 Å². The number of nitrogens with zero attached hydrogens (tertiary/aromatic N) is 1. The van der Waals surface area contributed by atoms with Crippen LogP contribution >= 0.6 is 10.0 Å². The molecule has 0 bridgehead atoms. The summed E-state index contributed by atoms with van der Waals surface area (Å²) in [5, 5.41) is 5.08. The van der Waals surface area contributed by atoms with E-state index >= 15 is 0 Å². The van der Waals surface area contributed by atoms with Gasteiger partial charge in [0.05, 0.1) is 0 Å². The Balaban J connectivity index is 1.07. The van der Waals surface area contributed by atoms with Gasteiger partial charge >= 0.3 is 0 Å². The normalized spacial score (nSPS) is 13.0. The maximum absolute atomic E-state index is 2.51. The lowest BCUT2D eigenvalue weighted by Crippen LogP contribution is -2.11. The first-order valence-electron chi connectivity index (χ1n) is 22.0. The summed E-state index contributed by atoms with van der Waals surface area (Å²) in [6, 6.07) is 96.3. The Morgan fingerprint density at radius 2 is 0.734 bits per heavy atom. The van der Waals surface area contributed by atoms with Crippen molar-refractivity contribution in [3.8, 4) is 44.5 Å². The van der Waals surface area contributed by atoms with E-state index in [1.165, 1.54) is 85.6 Å². The summed E-state index contributed by atoms with van der Waals surface area (Å²) in [7, 11) is -1.94. The zero-order valence-electron chi connectivity index (χ0n) is 35.2. The molecule has 0 atom stereocenters. The van der Waals surface area contributed by atoms with Crippen molar-refractivity contribution in [1.29, 1.82) is 0 Å². The summed E-state index contributed by atoms with van der Waals surface area (Å²) in [5.74, 6) is 0. The van der Waals surface area contributed by atoms with Gasteiger partial charge in [-0.2, -0.15) is 0 Å². The second kappa shape index (κ2) is 15.8. The monoisotopic (exact) mass is 833 g/mol. The molecular weight excluding hydrogens is 791 g/mol. The molecule has 0 radical (unpaired) electrons. The molecule has 11 aromatic carbocycles. The Kier molecular flexibility index (Phi) is 9.32. The van der Waals surface area contributed by atoms with E-state index in [9.17, 15) is 0 Å². The number of hydrogen-bond donors (Lipinski definition) is 0. The molecule has 0 N–H and O–H groups in total. The lowest BCUT2D eigenvalue weighted by Gasteiger charge is -2.40. The van der Waals surface area contributed by atoms with Crippen molar-refractivity contribution in [2.24, 2.45) is 0 Å². The van der Waals surface area contributed by atoms with Gasteiger partial charge in [0.15, 0.2) is 0 Å². The molecule has 0 fully saturated rings. The maximum atomic E-state index is 2.51. The van der Waals surface area contributed by atoms with Gasteiger partial charge in [-0.25, -0.2) is 0 Å². The third-order valence-electron chi connectivity index (χ3n) is 12.9. The van der Waals surface area contributed by atoms with Gasteiger partial charge in [0.1, 0.15) is 0 Å². The summed E-state index contributed by atoms with van der Waals surface area (Å²) in [6.07, 6.45) is 0. The van der Waals surface area contributed by atoms with Gasteiger partial charge in [0, 0.05) is 36.6 Å². The molecule has 0 unspecified atom stereocenters. The Morgan fingerprint density at radius 1 is 0.281 bits per heavy atom. The molecule has 64 heavy (non-hydrogen) atoms. The van der Waals surface area contributed by atoms with Crippen molar-refractivity contribution in [3.63, 3.8) is 0 Å². The van der Waals surface area contributed by atoms with Gasteiger partial charge in [0.25, 0.3) is 0 Å². The van der Waals surface area contributed by atoms with Crippen LogP contribution in [0.25, 0.3) is 66.1 Å². The summed E-state index contributed by atoms with van der Waals surface area (Å²) < 4.78 is 0. The predicted molar refractivity (Wildman–Crippen MR) is 271 cm³/mol. The van der Waals surface area contributed by atoms with E-state index in [1.54, 1.807) is 0 Å². The van der Waals surface area contributed by atoms with Crippen LogP contribution in [-0.2, 0) is 0 Å². The highest BCUT2D eigenvalue weighted by molar-refractivity contribution is 8.34. The van der Waals surface area contributed by atoms with E-state index in [-0.39, 0.29) is 0 Å². The van der Waals surface area contributed by atoms with Gasteiger partial charge in [-0.3, -0.25) is 0 Å². The van der Waals surface area contributed by atoms with Gasteiger partial charge < -0.3 is 4.90 Å². The molecule has 1 nitrogen and oxygen atoms in total. The maximum Gasteiger partial charge on any atom is 0.0472 e. The predicted octanol–water partition coefficient (Wildman–Crippen LogP) is 17.8. The van der Waals surface area contributed by atoms with E-state index in [1.807, 2.05) is 0 Å². The molecule has 12 rings (SSSR count). The molecule has 1 heterocycles. The van der Waals surface area contributed by atoms with Crippen LogP contribution in [-0.4, -0.2) is 0 Å². The first-order valence-corrected chi connectivity index (χ1v) is 23.6. The second-order valence-corrected chi connectivity index (χ2v) is 19.5. The van der Waals surface area contributed by atoms with Crippen molar-refractivity contribution < 1.29 is 0 Å². The number of rotatable bonds is 8. The summed E-state index contributed by atoms with van der Waals surface area (Å²) in [5.41, 5.74) is 13.2. The fourth-order valence-electron chi connectivity index (χ4n) is 10.0. The lowest BCUT2D eigenvalue weighted by molar-refractivity contribution is 1.25. The quantitative estimate of drug-likeness (QED) is 0.147. The minimum absolute atomic E-state index is 1.10. The molecule has 302 valence electrons. The molecule has 0 aliphatic carbocycles. The molecule has 2 heteroatoms. The van der Waals surface area contributed by atoms with Crippen LogP contribution in [0.15, 0.2) is 280 Å². The molecule has 11 aromatic rings. The largest absolute Gasteiger partial charge is 0.310 e. The lowest BCUT2D eigenvalue weighted by atomic mass is 9.91. The molecule has 0 aromatic heterocycles. The zero-order chi connectivity index (χ0) is 42.5. The Morgan fingerprint density at radius 3 is 1.34 bits per heavy atom. The van der Waals surface area contributed by atoms with Gasteiger partial charge in [-0.1, -0.05) is 200 Å². The van der Waals surface area contributed by atoms with E-state index in [0.717, 1.165) is 17.1 Å². The third-order valence-corrected chi connectivity index (χ3v) is 16.9. The van der Waals surface area contributed by atoms with Crippen LogP contribution < -0.4 is 4.90 Å². The Bertz CT molecular complexity index is 3410. The Labute approximate surface area is 376 Å². The van der Waals surface area contributed by atoms with Gasteiger partial charge in [-0.05, 0) is 127 Å². The first-order chi connectivity index (χ1) is 31.8. The van der Waals surface area contributed by atoms with Gasteiger partial charge in [0.2, 0.25) is 0 Å². The standard InChI is InChI=1S/C62H43NS/c1-5-17-44(18-6-1)45-31-36-50(37-32-45)63(51-38-33-48(34-39-51)56-30-16-23-49-22-15-29-55(61(49)56)46-19-7-2-8-20-46)52-40-42-58-59-41-35-47-21-13-14-28-57(47)62(59)64(60(58)43-52,53-24-9-3-10-25-53)54-26-11-4-12-27-54/h1-43H. The van der Waals surface area contributed by atoms with E-state index in [4.69, 9.17) is 0 Å². The summed E-state index contributed by atoms with van der Waals surface area (Å²) >= 11 is 0. The molecule has 1 aliphatic rings. The van der Waals surface area contributed by atoms with Crippen molar-refractivity contribution in [3.05, 3.63) is 261 Å². The molecule has 0 spiro atoms. The molecular formula is C62H43NS. The average Bonchev–Trinajstić information content (AvgIpc) is 3.68. The van der Waals surface area contributed by atoms with Crippen LogP contribution in [0.2, 0.25) is 0 Å². The van der Waals surface area contributed by atoms with Crippen molar-refractivity contribution in [2.45, 2.75) is 19.6 Å². The smallest absolute Gasteiger partial charge is 0.0472 e. The van der Waals surface area contributed by atoms with Crippen LogP contribution in [0.3, 0.4) is 0 Å². The Hall–Kier alpha value is -7.91. The SMILES string of the molecule is c1ccc(-c2ccc(N(c3ccc(-c4cccc5cccc(-c6ccccc6)c45)cc3)c3ccc4c(c3)S(c3ccccc3)(c3ccccc3)c3c-4ccc4ccccc34)cc2)cc1. The van der Waals surface area contributed by atoms with Crippen LogP contribution in [0.4, 0.5) is 17.1 Å². The number of fused-ring (bicyclic) bond motifs is 6. The number of benzene rings is 11. The minimum Gasteiger partial charge on any atom is -0.310 e. The number of hydrogen-bond acceptors (Lipinski definition) is 1. The van der Waals surface area contributed by atoms with Crippen molar-refractivity contribution >= 4 is 48.6 Å². The van der Waals surface area contributed by atoms with Crippen molar-refractivity contribution in [2.75, 3.05) is 4.90 Å². The highest BCUT2D eigenvalue weighted by Gasteiger charge is 2.43. The highest BCUT2D eigenvalue weighted by Crippen LogP contribution is 2.81. The number of anilines is 3. The topological polar surface area (TPSA) is 3.24 Å². The van der Waals surface area contributed by atoms with Crippen LogP contribution in [0, 0.1) is 0 Å². The molecule has 0 saturated carbocycles. The fraction of sp³-hybridized carbons (Fsp3) is 0. The second-order valence-electron chi connectivity index (χ2n) is 16.5. The average molecular weight is 834 g/mol. The van der Waals surface area contributed by atoms with E-state index < -0.39 is 10.0 Å². The fourth-order valence-corrected chi connectivity index (χ4v) is 14.4. The molecule has 1 aliphatic heterocycles. The first kappa shape index (κ1) is 37.8. The van der Waals surface area contributed by atoms with Crippen LogP contribution in [0.5, 0.6) is 0 Å². The zero-order valence-corrected chi connectivity index (χ0v) is 36.0. The van der Waals surface area contributed by atoms with Crippen LogP contribution in [0.1, 0.15) is 0 Å². The third kappa shape index (κ3) is 6.18. The summed E-state index contributed by atoms with van der Waals surface area (Å²) in [4.78, 5) is 7.90. The molecule has 0 saturated heterocycles. The molecule has 0 amide bonds. The van der Waals surface area contributed by atoms with Gasteiger partial charge in [-0.15, -0.1) is 10.0 Å². The highest BCUT2D eigenvalue weighted by atomic mass is 32.3. The van der Waals surface area contributed by atoms with E-state index in [0.29, 0.717) is 0 Å². The van der Waals surface area contributed by atoms with Crippen molar-refractivity contribution in [1.82, 2.24) is 0 Å². The summed E-state index contributed by atoms with van der Waals surface area (Å²) in [6.45, 7) is 0.